The van der Waals surface area contributed by atoms with Gasteiger partial charge < -0.3 is 14.2 Å². The molecule has 1 aliphatic rings. The third-order valence-corrected chi connectivity index (χ3v) is 5.50. The first-order valence-corrected chi connectivity index (χ1v) is 10.2. The molecule has 2 heterocycles. The number of oxazole rings is 1. The molecule has 0 bridgehead atoms. The lowest BCUT2D eigenvalue weighted by atomic mass is 10.1. The lowest BCUT2D eigenvalue weighted by Crippen LogP contribution is -2.29. The molecule has 1 aliphatic heterocycles. The van der Waals surface area contributed by atoms with E-state index in [9.17, 15) is 4.79 Å². The van der Waals surface area contributed by atoms with Crippen molar-refractivity contribution in [1.82, 2.24) is 9.88 Å². The maximum atomic E-state index is 12.9. The number of para-hydroxylation sites is 1. The Hall–Kier alpha value is -3.08. The maximum Gasteiger partial charge on any atom is 0.228 e. The van der Waals surface area contributed by atoms with Gasteiger partial charge in [-0.1, -0.05) is 36.4 Å². The Balaban J connectivity index is 1.45. The number of nitrogens with zero attached hydrogens (tertiary/aromatic N) is 3. The van der Waals surface area contributed by atoms with Crippen molar-refractivity contribution in [1.29, 1.82) is 0 Å². The van der Waals surface area contributed by atoms with Gasteiger partial charge in [0.25, 0.3) is 0 Å². The van der Waals surface area contributed by atoms with Crippen molar-refractivity contribution in [2.75, 3.05) is 25.0 Å². The van der Waals surface area contributed by atoms with E-state index in [1.165, 1.54) is 24.1 Å². The highest BCUT2D eigenvalue weighted by molar-refractivity contribution is 5.78. The highest BCUT2D eigenvalue weighted by atomic mass is 16.4. The molecule has 0 saturated carbocycles. The summed E-state index contributed by atoms with van der Waals surface area (Å²) in [4.78, 5) is 21.6. The molecule has 1 fully saturated rings. The Kier molecular flexibility index (Phi) is 5.65. The number of aromatic nitrogens is 1. The van der Waals surface area contributed by atoms with Gasteiger partial charge in [0, 0.05) is 37.9 Å². The first-order valence-electron chi connectivity index (χ1n) is 10.2. The summed E-state index contributed by atoms with van der Waals surface area (Å²) >= 11 is 0. The Labute approximate surface area is 172 Å². The van der Waals surface area contributed by atoms with Crippen LogP contribution in [0.25, 0.3) is 11.5 Å². The Morgan fingerprint density at radius 2 is 1.76 bits per heavy atom. The molecule has 5 nitrogen and oxygen atoms in total. The van der Waals surface area contributed by atoms with Crippen LogP contribution in [0, 0.1) is 6.92 Å². The molecule has 0 N–H and O–H groups in total. The van der Waals surface area contributed by atoms with Gasteiger partial charge in [-0.2, -0.15) is 0 Å². The van der Waals surface area contributed by atoms with Crippen molar-refractivity contribution in [3.05, 3.63) is 71.6 Å². The number of carbonyl (C=O) groups is 1. The Bertz CT molecular complexity index is 975. The SMILES string of the molecule is Cc1oc(-c2ccccc2)nc1CC(=O)N(C)Cc1ccccc1N1CCCC1. The van der Waals surface area contributed by atoms with Crippen LogP contribution in [0.1, 0.15) is 29.9 Å². The van der Waals surface area contributed by atoms with Crippen LogP contribution < -0.4 is 4.90 Å². The van der Waals surface area contributed by atoms with Crippen molar-refractivity contribution in [2.45, 2.75) is 32.7 Å². The predicted octanol–water partition coefficient (Wildman–Crippen LogP) is 4.45. The fourth-order valence-corrected chi connectivity index (χ4v) is 3.83. The molecule has 150 valence electrons. The van der Waals surface area contributed by atoms with Crippen molar-refractivity contribution < 1.29 is 9.21 Å². The maximum absolute atomic E-state index is 12.9. The van der Waals surface area contributed by atoms with E-state index < -0.39 is 0 Å². The number of benzene rings is 2. The zero-order valence-electron chi connectivity index (χ0n) is 17.1. The Morgan fingerprint density at radius 3 is 2.52 bits per heavy atom. The molecule has 0 unspecified atom stereocenters. The van der Waals surface area contributed by atoms with Crippen LogP contribution >= 0.6 is 0 Å². The van der Waals surface area contributed by atoms with Gasteiger partial charge in [0.2, 0.25) is 11.8 Å². The number of aryl methyl sites for hydroxylation is 1. The van der Waals surface area contributed by atoms with Gasteiger partial charge in [-0.3, -0.25) is 4.79 Å². The second-order valence-corrected chi connectivity index (χ2v) is 7.64. The van der Waals surface area contributed by atoms with E-state index in [0.29, 0.717) is 23.9 Å². The summed E-state index contributed by atoms with van der Waals surface area (Å²) in [7, 11) is 1.86. The van der Waals surface area contributed by atoms with Crippen LogP contribution in [0.5, 0.6) is 0 Å². The molecular formula is C24H27N3O2. The molecule has 1 saturated heterocycles. The minimum absolute atomic E-state index is 0.0391. The van der Waals surface area contributed by atoms with E-state index in [2.05, 4.69) is 28.1 Å². The molecule has 5 heteroatoms. The normalized spacial score (nSPS) is 13.7. The molecule has 4 rings (SSSR count). The minimum Gasteiger partial charge on any atom is -0.441 e. The molecule has 0 aliphatic carbocycles. The summed E-state index contributed by atoms with van der Waals surface area (Å²) in [6.45, 7) is 4.64. The summed E-state index contributed by atoms with van der Waals surface area (Å²) in [5, 5.41) is 0. The highest BCUT2D eigenvalue weighted by Crippen LogP contribution is 2.26. The zero-order chi connectivity index (χ0) is 20.2. The van der Waals surface area contributed by atoms with E-state index >= 15 is 0 Å². The van der Waals surface area contributed by atoms with Gasteiger partial charge >= 0.3 is 0 Å². The van der Waals surface area contributed by atoms with Crippen molar-refractivity contribution in [3.63, 3.8) is 0 Å². The molecule has 1 amide bonds. The number of amides is 1. The van der Waals surface area contributed by atoms with E-state index in [-0.39, 0.29) is 12.3 Å². The first-order chi connectivity index (χ1) is 14.1. The number of carbonyl (C=O) groups excluding carboxylic acids is 1. The lowest BCUT2D eigenvalue weighted by molar-refractivity contribution is -0.129. The monoisotopic (exact) mass is 389 g/mol. The highest BCUT2D eigenvalue weighted by Gasteiger charge is 2.20. The van der Waals surface area contributed by atoms with E-state index in [1.54, 1.807) is 4.90 Å². The summed E-state index contributed by atoms with van der Waals surface area (Å²) in [5.41, 5.74) is 4.05. The van der Waals surface area contributed by atoms with Crippen molar-refractivity contribution >= 4 is 11.6 Å². The van der Waals surface area contributed by atoms with Crippen molar-refractivity contribution in [3.8, 4) is 11.5 Å². The number of hydrogen-bond acceptors (Lipinski definition) is 4. The second kappa shape index (κ2) is 8.52. The van der Waals surface area contributed by atoms with Gasteiger partial charge in [0.1, 0.15) is 5.76 Å². The molecule has 0 spiro atoms. The molecule has 2 aromatic carbocycles. The topological polar surface area (TPSA) is 49.6 Å². The molecule has 0 atom stereocenters. The number of hydrogen-bond donors (Lipinski definition) is 0. The predicted molar refractivity (Wildman–Crippen MR) is 115 cm³/mol. The zero-order valence-corrected chi connectivity index (χ0v) is 17.1. The number of anilines is 1. The summed E-state index contributed by atoms with van der Waals surface area (Å²) in [6.07, 6.45) is 2.71. The van der Waals surface area contributed by atoms with Crippen LogP contribution in [0.4, 0.5) is 5.69 Å². The van der Waals surface area contributed by atoms with Crippen LogP contribution in [-0.4, -0.2) is 35.9 Å². The number of likely N-dealkylation sites (N-methyl/N-ethyl adjacent to an activating group) is 1. The summed E-state index contributed by atoms with van der Waals surface area (Å²) in [5.74, 6) is 1.30. The summed E-state index contributed by atoms with van der Waals surface area (Å²) < 4.78 is 5.80. The van der Waals surface area contributed by atoms with E-state index in [0.717, 1.165) is 18.7 Å². The van der Waals surface area contributed by atoms with Gasteiger partial charge in [-0.15, -0.1) is 0 Å². The average Bonchev–Trinajstić information content (AvgIpc) is 3.39. The van der Waals surface area contributed by atoms with E-state index in [1.807, 2.05) is 50.4 Å². The third-order valence-electron chi connectivity index (χ3n) is 5.50. The van der Waals surface area contributed by atoms with Gasteiger partial charge in [0.05, 0.1) is 12.1 Å². The van der Waals surface area contributed by atoms with E-state index in [4.69, 9.17) is 4.42 Å². The minimum atomic E-state index is 0.0391. The van der Waals surface area contributed by atoms with Crippen LogP contribution in [0.2, 0.25) is 0 Å². The third kappa shape index (κ3) is 4.34. The first kappa shape index (κ1) is 19.2. The lowest BCUT2D eigenvalue weighted by Gasteiger charge is -2.24. The van der Waals surface area contributed by atoms with Crippen LogP contribution in [0.3, 0.4) is 0 Å². The summed E-state index contributed by atoms with van der Waals surface area (Å²) in [6, 6.07) is 18.2. The largest absolute Gasteiger partial charge is 0.441 e. The number of rotatable bonds is 6. The second-order valence-electron chi connectivity index (χ2n) is 7.64. The molecular weight excluding hydrogens is 362 g/mol. The van der Waals surface area contributed by atoms with Crippen LogP contribution in [-0.2, 0) is 17.8 Å². The fraction of sp³-hybridized carbons (Fsp3) is 0.333. The van der Waals surface area contributed by atoms with Gasteiger partial charge in [0.15, 0.2) is 0 Å². The molecule has 3 aromatic rings. The standard InChI is InChI=1S/C24H27N3O2/c1-18-21(25-24(29-18)19-10-4-3-5-11-19)16-23(28)26(2)17-20-12-6-7-13-22(20)27-14-8-9-15-27/h3-7,10-13H,8-9,14-17H2,1-2H3. The fourth-order valence-electron chi connectivity index (χ4n) is 3.83. The molecule has 1 aromatic heterocycles. The molecule has 0 radical (unpaired) electrons. The van der Waals surface area contributed by atoms with Gasteiger partial charge in [-0.25, -0.2) is 4.98 Å². The quantitative estimate of drug-likeness (QED) is 0.625. The van der Waals surface area contributed by atoms with Crippen LogP contribution in [0.15, 0.2) is 59.0 Å². The molecule has 29 heavy (non-hydrogen) atoms. The Morgan fingerprint density at radius 1 is 1.07 bits per heavy atom. The van der Waals surface area contributed by atoms with Crippen molar-refractivity contribution in [2.24, 2.45) is 0 Å². The smallest absolute Gasteiger partial charge is 0.228 e. The van der Waals surface area contributed by atoms with Gasteiger partial charge in [-0.05, 0) is 43.5 Å². The average molecular weight is 389 g/mol.